The van der Waals surface area contributed by atoms with Gasteiger partial charge in [0.2, 0.25) is 0 Å². The topological polar surface area (TPSA) is 58.6 Å². The first kappa shape index (κ1) is 16.9. The molecule has 1 amide bonds. The molecule has 0 aliphatic rings. The summed E-state index contributed by atoms with van der Waals surface area (Å²) in [5, 5.41) is 11.7. The van der Waals surface area contributed by atoms with Crippen LogP contribution in [0.4, 0.5) is 13.6 Å². The number of carbonyl (C=O) groups is 1. The van der Waals surface area contributed by atoms with Crippen LogP contribution in [0.15, 0.2) is 60.7 Å². The van der Waals surface area contributed by atoms with Crippen LogP contribution < -0.4 is 5.32 Å². The van der Waals surface area contributed by atoms with E-state index in [1.54, 1.807) is 42.5 Å². The zero-order valence-corrected chi connectivity index (χ0v) is 12.3. The number of alkyl carbamates (subject to hydrolysis) is 1. The van der Waals surface area contributed by atoms with E-state index in [-0.39, 0.29) is 12.2 Å². The molecule has 0 fully saturated rings. The van der Waals surface area contributed by atoms with Crippen molar-refractivity contribution in [3.05, 3.63) is 71.8 Å². The highest BCUT2D eigenvalue weighted by atomic mass is 19.3. The van der Waals surface area contributed by atoms with Crippen LogP contribution in [0.5, 0.6) is 0 Å². The Hall–Kier alpha value is -2.47. The number of amides is 1. The summed E-state index contributed by atoms with van der Waals surface area (Å²) in [6.07, 6.45) is -2.97. The van der Waals surface area contributed by atoms with Gasteiger partial charge in [-0.25, -0.2) is 13.6 Å². The van der Waals surface area contributed by atoms with E-state index < -0.39 is 24.7 Å². The van der Waals surface area contributed by atoms with Crippen LogP contribution in [0.1, 0.15) is 17.2 Å². The Balaban J connectivity index is 1.82. The molecule has 0 radical (unpaired) electrons. The standard InChI is InChI=1S/C17H17F2NO3/c18-17(19,15(21)14-9-5-2-6-10-14)12-20-16(22)23-11-13-7-3-1-4-8-13/h1-10,15,21H,11-12H2,(H,20,22). The summed E-state index contributed by atoms with van der Waals surface area (Å²) in [4.78, 5) is 11.5. The summed E-state index contributed by atoms with van der Waals surface area (Å²) in [5.74, 6) is -3.51. The summed E-state index contributed by atoms with van der Waals surface area (Å²) < 4.78 is 32.7. The minimum atomic E-state index is -3.51. The van der Waals surface area contributed by atoms with E-state index >= 15 is 0 Å². The molecule has 4 nitrogen and oxygen atoms in total. The van der Waals surface area contributed by atoms with Gasteiger partial charge < -0.3 is 15.2 Å². The molecule has 23 heavy (non-hydrogen) atoms. The van der Waals surface area contributed by atoms with E-state index in [0.29, 0.717) is 0 Å². The molecule has 0 aliphatic carbocycles. The second-order valence-electron chi connectivity index (χ2n) is 4.99. The first-order valence-electron chi connectivity index (χ1n) is 7.04. The van der Waals surface area contributed by atoms with Gasteiger partial charge in [0.15, 0.2) is 0 Å². The molecule has 0 aliphatic heterocycles. The lowest BCUT2D eigenvalue weighted by Crippen LogP contribution is -2.41. The van der Waals surface area contributed by atoms with Crippen molar-refractivity contribution in [2.45, 2.75) is 18.6 Å². The van der Waals surface area contributed by atoms with Crippen LogP contribution in [0, 0.1) is 0 Å². The molecule has 6 heteroatoms. The molecule has 0 spiro atoms. The van der Waals surface area contributed by atoms with Gasteiger partial charge in [-0.2, -0.15) is 0 Å². The fourth-order valence-corrected chi connectivity index (χ4v) is 1.94. The van der Waals surface area contributed by atoms with Crippen molar-refractivity contribution >= 4 is 6.09 Å². The van der Waals surface area contributed by atoms with Crippen LogP contribution in [0.2, 0.25) is 0 Å². The van der Waals surface area contributed by atoms with Crippen LogP contribution >= 0.6 is 0 Å². The molecule has 0 aromatic heterocycles. The maximum atomic E-state index is 13.9. The summed E-state index contributed by atoms with van der Waals surface area (Å²) in [6, 6.07) is 16.4. The first-order valence-corrected chi connectivity index (χ1v) is 7.04. The molecule has 2 aromatic carbocycles. The van der Waals surface area contributed by atoms with E-state index in [4.69, 9.17) is 4.74 Å². The molecular formula is C17H17F2NO3. The second-order valence-corrected chi connectivity index (χ2v) is 4.99. The van der Waals surface area contributed by atoms with Crippen molar-refractivity contribution in [2.24, 2.45) is 0 Å². The highest BCUT2D eigenvalue weighted by Gasteiger charge is 2.39. The van der Waals surface area contributed by atoms with Gasteiger partial charge in [-0.15, -0.1) is 0 Å². The van der Waals surface area contributed by atoms with Crippen molar-refractivity contribution < 1.29 is 23.4 Å². The molecule has 2 aromatic rings. The maximum Gasteiger partial charge on any atom is 0.407 e. The van der Waals surface area contributed by atoms with Crippen LogP contribution in [-0.4, -0.2) is 23.7 Å². The molecule has 1 unspecified atom stereocenters. The minimum absolute atomic E-state index is 0.0144. The number of nitrogens with one attached hydrogen (secondary N) is 1. The normalized spacial score (nSPS) is 12.5. The minimum Gasteiger partial charge on any atom is -0.445 e. The summed E-state index contributed by atoms with van der Waals surface area (Å²) in [6.45, 7) is -1.03. The number of halogens is 2. The number of hydrogen-bond donors (Lipinski definition) is 2. The van der Waals surface area contributed by atoms with Crippen molar-refractivity contribution in [3.8, 4) is 0 Å². The largest absolute Gasteiger partial charge is 0.445 e. The fraction of sp³-hybridized carbons (Fsp3) is 0.235. The molecule has 122 valence electrons. The van der Waals surface area contributed by atoms with E-state index in [1.807, 2.05) is 11.4 Å². The average Bonchev–Trinajstić information content (AvgIpc) is 2.59. The van der Waals surface area contributed by atoms with Gasteiger partial charge >= 0.3 is 6.09 Å². The van der Waals surface area contributed by atoms with Gasteiger partial charge in [0, 0.05) is 0 Å². The van der Waals surface area contributed by atoms with Gasteiger partial charge in [-0.1, -0.05) is 60.7 Å². The van der Waals surface area contributed by atoms with Gasteiger partial charge in [-0.3, -0.25) is 0 Å². The van der Waals surface area contributed by atoms with Crippen molar-refractivity contribution in [1.29, 1.82) is 0 Å². The van der Waals surface area contributed by atoms with E-state index in [9.17, 15) is 18.7 Å². The molecule has 0 saturated carbocycles. The summed E-state index contributed by atoms with van der Waals surface area (Å²) in [5.41, 5.74) is 0.829. The van der Waals surface area contributed by atoms with E-state index in [0.717, 1.165) is 5.56 Å². The third-order valence-electron chi connectivity index (χ3n) is 3.20. The van der Waals surface area contributed by atoms with Crippen molar-refractivity contribution in [3.63, 3.8) is 0 Å². The second kappa shape index (κ2) is 7.69. The number of aliphatic hydroxyl groups excluding tert-OH is 1. The zero-order valence-electron chi connectivity index (χ0n) is 12.3. The van der Waals surface area contributed by atoms with Gasteiger partial charge in [0.25, 0.3) is 5.92 Å². The quantitative estimate of drug-likeness (QED) is 0.858. The highest BCUT2D eigenvalue weighted by Crippen LogP contribution is 2.30. The third-order valence-corrected chi connectivity index (χ3v) is 3.20. The number of ether oxygens (including phenoxy) is 1. The number of rotatable bonds is 6. The number of carbonyl (C=O) groups excluding carboxylic acids is 1. The maximum absolute atomic E-state index is 13.9. The summed E-state index contributed by atoms with van der Waals surface area (Å²) in [7, 11) is 0. The van der Waals surface area contributed by atoms with E-state index in [1.165, 1.54) is 12.1 Å². The van der Waals surface area contributed by atoms with Gasteiger partial charge in [-0.05, 0) is 11.1 Å². The Morgan fingerprint density at radius 3 is 2.26 bits per heavy atom. The number of hydrogen-bond acceptors (Lipinski definition) is 3. The third kappa shape index (κ3) is 5.03. The van der Waals surface area contributed by atoms with Gasteiger partial charge in [0.1, 0.15) is 12.7 Å². The average molecular weight is 321 g/mol. The lowest BCUT2D eigenvalue weighted by molar-refractivity contribution is -0.107. The Morgan fingerprint density at radius 2 is 1.65 bits per heavy atom. The van der Waals surface area contributed by atoms with Crippen LogP contribution in [-0.2, 0) is 11.3 Å². The molecule has 2 rings (SSSR count). The SMILES string of the molecule is O=C(NCC(F)(F)C(O)c1ccccc1)OCc1ccccc1. The predicted molar refractivity (Wildman–Crippen MR) is 81.0 cm³/mol. The van der Waals surface area contributed by atoms with Gasteiger partial charge in [0.05, 0.1) is 6.54 Å². The summed E-state index contributed by atoms with van der Waals surface area (Å²) >= 11 is 0. The smallest absolute Gasteiger partial charge is 0.407 e. The first-order chi connectivity index (χ1) is 11.0. The number of benzene rings is 2. The van der Waals surface area contributed by atoms with Crippen LogP contribution in [0.25, 0.3) is 0 Å². The Labute approximate surface area is 132 Å². The monoisotopic (exact) mass is 321 g/mol. The Bertz CT molecular complexity index is 620. The zero-order chi connectivity index (χ0) is 16.7. The molecule has 0 bridgehead atoms. The lowest BCUT2D eigenvalue weighted by atomic mass is 10.0. The molecule has 0 heterocycles. The predicted octanol–water partition coefficient (Wildman–Crippen LogP) is 3.28. The Kier molecular flexibility index (Phi) is 5.65. The molecule has 2 N–H and O–H groups in total. The fourth-order valence-electron chi connectivity index (χ4n) is 1.94. The van der Waals surface area contributed by atoms with Crippen molar-refractivity contribution in [2.75, 3.05) is 6.54 Å². The number of alkyl halides is 2. The van der Waals surface area contributed by atoms with Crippen LogP contribution in [0.3, 0.4) is 0 Å². The Morgan fingerprint density at radius 1 is 1.09 bits per heavy atom. The number of aliphatic hydroxyl groups is 1. The highest BCUT2D eigenvalue weighted by molar-refractivity contribution is 5.67. The van der Waals surface area contributed by atoms with Crippen molar-refractivity contribution in [1.82, 2.24) is 5.32 Å². The lowest BCUT2D eigenvalue weighted by Gasteiger charge is -2.23. The van der Waals surface area contributed by atoms with E-state index in [2.05, 4.69) is 0 Å². The molecule has 1 atom stereocenters. The molecular weight excluding hydrogens is 304 g/mol. The molecule has 0 saturated heterocycles.